The van der Waals surface area contributed by atoms with Gasteiger partial charge in [-0.15, -0.1) is 0 Å². The Hall–Kier alpha value is -2.31. The molecule has 0 unspecified atom stereocenters. The first-order chi connectivity index (χ1) is 13.7. The molecule has 4 nitrogen and oxygen atoms in total. The summed E-state index contributed by atoms with van der Waals surface area (Å²) in [5.74, 6) is 0.440. The molecule has 2 aromatic carbocycles. The molecule has 0 spiro atoms. The number of furan rings is 1. The molecule has 0 aliphatic carbocycles. The summed E-state index contributed by atoms with van der Waals surface area (Å²) in [5, 5.41) is 0.964. The summed E-state index contributed by atoms with van der Waals surface area (Å²) >= 11 is 0. The first-order valence-corrected chi connectivity index (χ1v) is 9.97. The van der Waals surface area contributed by atoms with E-state index in [9.17, 15) is 4.39 Å². The van der Waals surface area contributed by atoms with Crippen LogP contribution in [0.5, 0.6) is 5.75 Å². The number of aryl methyl sites for hydroxylation is 1. The summed E-state index contributed by atoms with van der Waals surface area (Å²) in [7, 11) is -0.523. The van der Waals surface area contributed by atoms with Crippen LogP contribution < -0.4 is 10.2 Å². The van der Waals surface area contributed by atoms with Crippen LogP contribution in [-0.4, -0.2) is 18.3 Å². The van der Waals surface area contributed by atoms with Crippen molar-refractivity contribution in [1.29, 1.82) is 0 Å². The Balaban J connectivity index is 1.64. The molecular formula is C23H26BFO4. The molecule has 6 heteroatoms. The highest BCUT2D eigenvalue weighted by Crippen LogP contribution is 2.37. The zero-order chi connectivity index (χ0) is 20.8. The topological polar surface area (TPSA) is 40.8 Å². The maximum atomic E-state index is 13.5. The normalized spacial score (nSPS) is 17.8. The van der Waals surface area contributed by atoms with Gasteiger partial charge in [0.05, 0.1) is 17.5 Å². The number of hydrogen-bond acceptors (Lipinski definition) is 4. The van der Waals surface area contributed by atoms with E-state index in [1.54, 1.807) is 12.3 Å². The highest BCUT2D eigenvalue weighted by atomic mass is 19.1. The fraction of sp³-hybridized carbons (Fsp3) is 0.391. The van der Waals surface area contributed by atoms with Crippen molar-refractivity contribution in [2.75, 3.05) is 0 Å². The molecule has 3 aromatic rings. The van der Waals surface area contributed by atoms with Crippen LogP contribution in [0.2, 0.25) is 0 Å². The van der Waals surface area contributed by atoms with E-state index >= 15 is 0 Å². The molecule has 152 valence electrons. The summed E-state index contributed by atoms with van der Waals surface area (Å²) in [4.78, 5) is 0. The first-order valence-electron chi connectivity index (χ1n) is 9.97. The molecule has 0 bridgehead atoms. The Kier molecular flexibility index (Phi) is 4.95. The first kappa shape index (κ1) is 20.0. The summed E-state index contributed by atoms with van der Waals surface area (Å²) in [6, 6.07) is 10.6. The molecule has 2 heterocycles. The lowest BCUT2D eigenvalue weighted by Gasteiger charge is -2.32. The van der Waals surface area contributed by atoms with E-state index in [-0.39, 0.29) is 5.82 Å². The smallest absolute Gasteiger partial charge is 0.489 e. The van der Waals surface area contributed by atoms with Crippen LogP contribution in [0.25, 0.3) is 11.0 Å². The van der Waals surface area contributed by atoms with Crippen molar-refractivity contribution in [3.63, 3.8) is 0 Å². The lowest BCUT2D eigenvalue weighted by atomic mass is 9.77. The van der Waals surface area contributed by atoms with Gasteiger partial charge in [-0.25, -0.2) is 4.39 Å². The van der Waals surface area contributed by atoms with Crippen LogP contribution in [0.4, 0.5) is 4.39 Å². The van der Waals surface area contributed by atoms with Crippen LogP contribution in [0.1, 0.15) is 45.7 Å². The van der Waals surface area contributed by atoms with E-state index in [1.165, 1.54) is 12.1 Å². The Bertz CT molecular complexity index is 1020. The van der Waals surface area contributed by atoms with Gasteiger partial charge in [0.2, 0.25) is 0 Å². The number of rotatable bonds is 5. The van der Waals surface area contributed by atoms with Gasteiger partial charge in [-0.2, -0.15) is 0 Å². The van der Waals surface area contributed by atoms with Crippen molar-refractivity contribution in [2.45, 2.75) is 58.8 Å². The molecule has 0 saturated carbocycles. The van der Waals surface area contributed by atoms with Gasteiger partial charge in [0, 0.05) is 10.8 Å². The fourth-order valence-corrected chi connectivity index (χ4v) is 3.53. The van der Waals surface area contributed by atoms with E-state index in [2.05, 4.69) is 0 Å². The van der Waals surface area contributed by atoms with Crippen LogP contribution in [0, 0.1) is 5.82 Å². The van der Waals surface area contributed by atoms with Gasteiger partial charge < -0.3 is 18.5 Å². The monoisotopic (exact) mass is 396 g/mol. The Labute approximate surface area is 171 Å². The molecular weight excluding hydrogens is 370 g/mol. The lowest BCUT2D eigenvalue weighted by molar-refractivity contribution is 0.00578. The van der Waals surface area contributed by atoms with Crippen LogP contribution in [-0.2, 0) is 22.3 Å². The minimum Gasteiger partial charge on any atom is -0.489 e. The zero-order valence-electron chi connectivity index (χ0n) is 17.5. The third kappa shape index (κ3) is 3.67. The largest absolute Gasteiger partial charge is 0.498 e. The van der Waals surface area contributed by atoms with Crippen LogP contribution in [0.3, 0.4) is 0 Å². The average molecular weight is 396 g/mol. The molecule has 0 radical (unpaired) electrons. The van der Waals surface area contributed by atoms with Gasteiger partial charge in [-0.1, -0.05) is 13.0 Å². The quantitative estimate of drug-likeness (QED) is 0.569. The highest BCUT2D eigenvalue weighted by molar-refractivity contribution is 6.64. The number of benzene rings is 2. The Morgan fingerprint density at radius 1 is 1.00 bits per heavy atom. The van der Waals surface area contributed by atoms with Crippen molar-refractivity contribution in [1.82, 2.24) is 0 Å². The summed E-state index contributed by atoms with van der Waals surface area (Å²) < 4.78 is 37.7. The molecule has 29 heavy (non-hydrogen) atoms. The third-order valence-electron chi connectivity index (χ3n) is 5.94. The Morgan fingerprint density at radius 3 is 2.41 bits per heavy atom. The maximum absolute atomic E-state index is 13.5. The number of halogens is 1. The molecule has 0 amide bonds. The molecule has 1 saturated heterocycles. The van der Waals surface area contributed by atoms with Crippen LogP contribution in [0.15, 0.2) is 47.1 Å². The third-order valence-corrected chi connectivity index (χ3v) is 5.94. The second kappa shape index (κ2) is 7.19. The predicted octanol–water partition coefficient (Wildman–Crippen LogP) is 5.01. The number of ether oxygens (including phenoxy) is 1. The van der Waals surface area contributed by atoms with Crippen LogP contribution >= 0.6 is 0 Å². The van der Waals surface area contributed by atoms with Crippen molar-refractivity contribution < 1.29 is 22.9 Å². The van der Waals surface area contributed by atoms with Crippen molar-refractivity contribution >= 4 is 23.6 Å². The minimum atomic E-state index is -0.523. The maximum Gasteiger partial charge on any atom is 0.498 e. The van der Waals surface area contributed by atoms with Crippen molar-refractivity contribution in [3.05, 3.63) is 59.6 Å². The minimum absolute atomic E-state index is 0.253. The van der Waals surface area contributed by atoms with Gasteiger partial charge in [0.25, 0.3) is 0 Å². The zero-order valence-corrected chi connectivity index (χ0v) is 17.5. The second-order valence-electron chi connectivity index (χ2n) is 8.51. The molecule has 1 aliphatic rings. The van der Waals surface area contributed by atoms with Gasteiger partial charge in [0.1, 0.15) is 23.8 Å². The summed E-state index contributed by atoms with van der Waals surface area (Å²) in [6.07, 6.45) is 2.37. The fourth-order valence-electron chi connectivity index (χ4n) is 3.53. The lowest BCUT2D eigenvalue weighted by Crippen LogP contribution is -2.41. The number of fused-ring (bicyclic) bond motifs is 1. The highest BCUT2D eigenvalue weighted by Gasteiger charge is 2.52. The predicted molar refractivity (Wildman–Crippen MR) is 112 cm³/mol. The SMILES string of the molecule is CCc1cc(F)ccc1OCc1cc(B2OC(C)(C)C(C)(C)O2)c2occc2c1. The van der Waals surface area contributed by atoms with E-state index < -0.39 is 18.3 Å². The summed E-state index contributed by atoms with van der Waals surface area (Å²) in [6.45, 7) is 10.4. The molecule has 1 fully saturated rings. The molecule has 0 N–H and O–H groups in total. The van der Waals surface area contributed by atoms with Gasteiger partial charge in [-0.05, 0) is 75.6 Å². The number of hydrogen-bond donors (Lipinski definition) is 0. The summed E-state index contributed by atoms with van der Waals surface area (Å²) in [5.41, 5.74) is 2.54. The Morgan fingerprint density at radius 2 is 1.72 bits per heavy atom. The van der Waals surface area contributed by atoms with Crippen molar-refractivity contribution in [2.24, 2.45) is 0 Å². The van der Waals surface area contributed by atoms with E-state index in [1.807, 2.05) is 52.8 Å². The van der Waals surface area contributed by atoms with E-state index in [4.69, 9.17) is 18.5 Å². The van der Waals surface area contributed by atoms with Gasteiger partial charge in [-0.3, -0.25) is 0 Å². The molecule has 1 aliphatic heterocycles. The van der Waals surface area contributed by atoms with E-state index in [0.29, 0.717) is 18.8 Å². The second-order valence-corrected chi connectivity index (χ2v) is 8.51. The van der Waals surface area contributed by atoms with Gasteiger partial charge >= 0.3 is 7.12 Å². The molecule has 0 atom stereocenters. The molecule has 4 rings (SSSR count). The van der Waals surface area contributed by atoms with E-state index in [0.717, 1.165) is 27.6 Å². The van der Waals surface area contributed by atoms with Crippen molar-refractivity contribution in [3.8, 4) is 5.75 Å². The molecule has 1 aromatic heterocycles. The average Bonchev–Trinajstić information content (AvgIpc) is 3.21. The van der Waals surface area contributed by atoms with Gasteiger partial charge in [0.15, 0.2) is 0 Å². The standard InChI is InChI=1S/C23H26BFO4/c1-6-16-13-18(25)7-8-20(16)27-14-15-11-17-9-10-26-21(17)19(12-15)24-28-22(2,3)23(4,5)29-24/h7-13H,6,14H2,1-5H3.